The van der Waals surface area contributed by atoms with Crippen molar-refractivity contribution in [3.05, 3.63) is 72.3 Å². The number of pyridine rings is 1. The largest absolute Gasteiger partial charge is 0.543 e. The first kappa shape index (κ1) is 29.3. The summed E-state index contributed by atoms with van der Waals surface area (Å²) in [6.45, 7) is 10.5. The SMILES string of the molecule is C[n+]1c2ccccc2c(C(=O)Oc2ccc(O[Si](C)(C)C(C)(C)C)cc2)c2c(OS(=O)(=O)C(F)(F)F)cccc21. The highest BCUT2D eigenvalue weighted by atomic mass is 32.2. The van der Waals surface area contributed by atoms with Crippen molar-refractivity contribution in [2.75, 3.05) is 0 Å². The Kier molecular flexibility index (Phi) is 7.39. The Morgan fingerprint density at radius 1 is 0.850 bits per heavy atom. The first-order valence-electron chi connectivity index (χ1n) is 12.3. The molecule has 0 saturated carbocycles. The third kappa shape index (κ3) is 5.50. The molecule has 0 aliphatic heterocycles. The Hall–Kier alpha value is -3.64. The van der Waals surface area contributed by atoms with Crippen LogP contribution < -0.4 is 17.9 Å². The molecule has 0 spiro atoms. The number of para-hydroxylation sites is 1. The Balaban J connectivity index is 1.81. The Labute approximate surface area is 231 Å². The number of benzene rings is 3. The Morgan fingerprint density at radius 2 is 1.43 bits per heavy atom. The third-order valence-corrected chi connectivity index (χ3v) is 12.4. The number of esters is 1. The van der Waals surface area contributed by atoms with E-state index in [0.717, 1.165) is 6.07 Å². The van der Waals surface area contributed by atoms with Crippen molar-refractivity contribution < 1.29 is 44.3 Å². The molecule has 0 unspecified atom stereocenters. The third-order valence-electron chi connectivity index (χ3n) is 7.05. The molecular weight excluding hydrogens is 563 g/mol. The standard InChI is InChI=1S/C28H29F3NO6SSi/c1-27(2,3)40(5,6)38-19-16-14-18(15-17-19)36-26(33)24-20-10-7-8-11-21(20)32(4)22-12-9-13-23(25(22)24)37-39(34,35)28(29,30)31/h7-17H,1-6H3/q+1. The van der Waals surface area contributed by atoms with E-state index in [4.69, 9.17) is 9.16 Å². The van der Waals surface area contributed by atoms with Gasteiger partial charge in [-0.1, -0.05) is 39.0 Å². The predicted molar refractivity (Wildman–Crippen MR) is 147 cm³/mol. The van der Waals surface area contributed by atoms with Gasteiger partial charge in [-0.3, -0.25) is 0 Å². The van der Waals surface area contributed by atoms with Gasteiger partial charge in [0.05, 0.1) is 10.9 Å². The maximum absolute atomic E-state index is 13.6. The molecule has 0 bridgehead atoms. The molecule has 0 radical (unpaired) electrons. The lowest BCUT2D eigenvalue weighted by atomic mass is 10.0. The van der Waals surface area contributed by atoms with E-state index >= 15 is 0 Å². The molecule has 40 heavy (non-hydrogen) atoms. The molecular formula is C28H29F3NO6SSi+. The molecule has 3 aromatic carbocycles. The first-order valence-corrected chi connectivity index (χ1v) is 16.6. The fraction of sp³-hybridized carbons (Fsp3) is 0.286. The minimum absolute atomic E-state index is 0.0247. The van der Waals surface area contributed by atoms with Gasteiger partial charge in [0.25, 0.3) is 0 Å². The zero-order valence-electron chi connectivity index (χ0n) is 22.8. The van der Waals surface area contributed by atoms with Crippen molar-refractivity contribution in [2.24, 2.45) is 7.05 Å². The fourth-order valence-corrected chi connectivity index (χ4v) is 5.42. The first-order chi connectivity index (χ1) is 18.4. The molecule has 4 rings (SSSR count). The lowest BCUT2D eigenvalue weighted by molar-refractivity contribution is -0.617. The van der Waals surface area contributed by atoms with Crippen molar-refractivity contribution in [2.45, 2.75) is 44.4 Å². The number of ether oxygens (including phenoxy) is 1. The topological polar surface area (TPSA) is 82.8 Å². The van der Waals surface area contributed by atoms with Crippen LogP contribution in [0.1, 0.15) is 31.1 Å². The van der Waals surface area contributed by atoms with Crippen LogP contribution in [-0.2, 0) is 17.2 Å². The molecule has 0 atom stereocenters. The van der Waals surface area contributed by atoms with Gasteiger partial charge in [0.2, 0.25) is 19.4 Å². The van der Waals surface area contributed by atoms with Crippen molar-refractivity contribution in [1.29, 1.82) is 0 Å². The number of carbonyl (C=O) groups is 1. The van der Waals surface area contributed by atoms with Crippen LogP contribution in [0.5, 0.6) is 17.2 Å². The molecule has 212 valence electrons. The monoisotopic (exact) mass is 592 g/mol. The number of aryl methyl sites for hydroxylation is 1. The molecule has 0 N–H and O–H groups in total. The van der Waals surface area contributed by atoms with Crippen LogP contribution in [0.15, 0.2) is 66.7 Å². The van der Waals surface area contributed by atoms with Crippen LogP contribution in [0.4, 0.5) is 13.2 Å². The smallest absolute Gasteiger partial charge is 0.534 e. The van der Waals surface area contributed by atoms with Gasteiger partial charge in [-0.2, -0.15) is 26.2 Å². The van der Waals surface area contributed by atoms with E-state index in [1.807, 2.05) is 0 Å². The number of fused-ring (bicyclic) bond motifs is 2. The van der Waals surface area contributed by atoms with Gasteiger partial charge in [-0.15, -0.1) is 0 Å². The summed E-state index contributed by atoms with van der Waals surface area (Å²) in [4.78, 5) is 13.6. The van der Waals surface area contributed by atoms with Crippen LogP contribution in [0, 0.1) is 0 Å². The van der Waals surface area contributed by atoms with Gasteiger partial charge < -0.3 is 13.3 Å². The normalized spacial score (nSPS) is 12.9. The summed E-state index contributed by atoms with van der Waals surface area (Å²) in [5.41, 5.74) is -4.98. The van der Waals surface area contributed by atoms with Gasteiger partial charge in [0.1, 0.15) is 23.9 Å². The summed E-state index contributed by atoms with van der Waals surface area (Å²) >= 11 is 0. The lowest BCUT2D eigenvalue weighted by Crippen LogP contribution is -2.43. The van der Waals surface area contributed by atoms with Crippen LogP contribution in [0.3, 0.4) is 0 Å². The second-order valence-electron chi connectivity index (χ2n) is 10.8. The molecule has 0 amide bonds. The highest BCUT2D eigenvalue weighted by Gasteiger charge is 2.49. The number of aromatic nitrogens is 1. The van der Waals surface area contributed by atoms with Gasteiger partial charge >= 0.3 is 21.6 Å². The summed E-state index contributed by atoms with van der Waals surface area (Å²) in [5, 5.41) is 0.170. The van der Waals surface area contributed by atoms with E-state index < -0.39 is 35.7 Å². The number of nitrogens with zero attached hydrogens (tertiary/aromatic N) is 1. The highest BCUT2D eigenvalue weighted by Crippen LogP contribution is 2.38. The molecule has 1 aromatic heterocycles. The van der Waals surface area contributed by atoms with Gasteiger partial charge in [-0.25, -0.2) is 4.79 Å². The van der Waals surface area contributed by atoms with E-state index in [-0.39, 0.29) is 27.3 Å². The molecule has 7 nitrogen and oxygen atoms in total. The number of halogens is 3. The van der Waals surface area contributed by atoms with Gasteiger partial charge in [-0.05, 0) is 54.5 Å². The molecule has 0 aliphatic carbocycles. The summed E-state index contributed by atoms with van der Waals surface area (Å²) in [7, 11) is -6.48. The minimum atomic E-state index is -6.01. The number of hydrogen-bond acceptors (Lipinski definition) is 6. The second-order valence-corrected chi connectivity index (χ2v) is 17.1. The zero-order chi connectivity index (χ0) is 29.7. The van der Waals surface area contributed by atoms with E-state index in [1.54, 1.807) is 66.2 Å². The highest BCUT2D eigenvalue weighted by molar-refractivity contribution is 7.88. The molecule has 0 aliphatic rings. The van der Waals surface area contributed by atoms with Crippen molar-refractivity contribution in [3.8, 4) is 17.2 Å². The minimum Gasteiger partial charge on any atom is -0.543 e. The summed E-state index contributed by atoms with van der Waals surface area (Å²) < 4.78 is 81.4. The Morgan fingerprint density at radius 3 is 2.02 bits per heavy atom. The van der Waals surface area contributed by atoms with Crippen molar-refractivity contribution >= 4 is 46.2 Å². The molecule has 0 saturated heterocycles. The van der Waals surface area contributed by atoms with Crippen molar-refractivity contribution in [3.63, 3.8) is 0 Å². The Bertz CT molecular complexity index is 1710. The lowest BCUT2D eigenvalue weighted by Gasteiger charge is -2.36. The van der Waals surface area contributed by atoms with Crippen LogP contribution in [0.25, 0.3) is 21.8 Å². The maximum Gasteiger partial charge on any atom is 0.534 e. The molecule has 0 fully saturated rings. The van der Waals surface area contributed by atoms with Crippen LogP contribution in [0.2, 0.25) is 18.1 Å². The quantitative estimate of drug-likeness (QED) is 0.0474. The number of alkyl halides is 3. The summed E-state index contributed by atoms with van der Waals surface area (Å²) in [5.74, 6) is -0.775. The van der Waals surface area contributed by atoms with E-state index in [2.05, 4.69) is 38.0 Å². The average Bonchev–Trinajstić information content (AvgIpc) is 2.84. The van der Waals surface area contributed by atoms with E-state index in [0.29, 0.717) is 16.7 Å². The zero-order valence-corrected chi connectivity index (χ0v) is 24.6. The summed E-state index contributed by atoms with van der Waals surface area (Å²) in [6.07, 6.45) is 0. The second kappa shape index (κ2) is 10.1. The van der Waals surface area contributed by atoms with Gasteiger partial charge in [0, 0.05) is 12.1 Å². The van der Waals surface area contributed by atoms with E-state index in [1.165, 1.54) is 6.07 Å². The van der Waals surface area contributed by atoms with Crippen LogP contribution >= 0.6 is 0 Å². The number of carbonyl (C=O) groups excluding carboxylic acids is 1. The maximum atomic E-state index is 13.6. The predicted octanol–water partition coefficient (Wildman–Crippen LogP) is 6.65. The van der Waals surface area contributed by atoms with E-state index in [9.17, 15) is 26.4 Å². The van der Waals surface area contributed by atoms with Gasteiger partial charge in [0.15, 0.2) is 5.75 Å². The summed E-state index contributed by atoms with van der Waals surface area (Å²) in [6, 6.07) is 17.1. The number of hydrogen-bond donors (Lipinski definition) is 0. The van der Waals surface area contributed by atoms with Crippen molar-refractivity contribution in [1.82, 2.24) is 0 Å². The van der Waals surface area contributed by atoms with Crippen LogP contribution in [-0.4, -0.2) is 28.2 Å². The molecule has 12 heteroatoms. The molecule has 4 aromatic rings. The fourth-order valence-electron chi connectivity index (χ4n) is 3.92. The average molecular weight is 593 g/mol. The molecule has 1 heterocycles. The number of rotatable bonds is 6.